The molecule has 2 aromatic rings. The van der Waals surface area contributed by atoms with E-state index >= 15 is 0 Å². The van der Waals surface area contributed by atoms with E-state index in [1.807, 2.05) is 19.1 Å². The molecule has 23 heavy (non-hydrogen) atoms. The largest absolute Gasteiger partial charge is 0.462 e. The summed E-state index contributed by atoms with van der Waals surface area (Å²) in [6, 6.07) is 8.56. The topological polar surface area (TPSA) is 88.3 Å². The molecular formula is C17H18N2O4. The summed E-state index contributed by atoms with van der Waals surface area (Å²) in [6.07, 6.45) is 0. The van der Waals surface area contributed by atoms with Crippen molar-refractivity contribution in [1.82, 2.24) is 4.98 Å². The summed E-state index contributed by atoms with van der Waals surface area (Å²) in [6.45, 7) is 5.34. The molecule has 2 N–H and O–H groups in total. The smallest absolute Gasteiger partial charge is 0.343 e. The number of pyridine rings is 1. The van der Waals surface area contributed by atoms with E-state index in [1.165, 1.54) is 6.07 Å². The molecule has 0 bridgehead atoms. The number of esters is 1. The lowest BCUT2D eigenvalue weighted by atomic mass is 10.1. The molecule has 0 fully saturated rings. The Balaban J connectivity index is 2.32. The van der Waals surface area contributed by atoms with Gasteiger partial charge < -0.3 is 15.0 Å². The molecule has 0 radical (unpaired) electrons. The van der Waals surface area contributed by atoms with Crippen LogP contribution in [0.1, 0.15) is 38.9 Å². The van der Waals surface area contributed by atoms with Crippen LogP contribution in [0.2, 0.25) is 0 Å². The molecular weight excluding hydrogens is 296 g/mol. The van der Waals surface area contributed by atoms with Gasteiger partial charge in [-0.05, 0) is 39.0 Å². The molecule has 0 aliphatic heterocycles. The predicted octanol–water partition coefficient (Wildman–Crippen LogP) is 2.42. The van der Waals surface area contributed by atoms with Crippen LogP contribution in [0.4, 0.5) is 5.69 Å². The Morgan fingerprint density at radius 2 is 1.78 bits per heavy atom. The molecule has 0 spiro atoms. The average Bonchev–Trinajstić information content (AvgIpc) is 2.49. The zero-order chi connectivity index (χ0) is 17.0. The Morgan fingerprint density at radius 3 is 2.39 bits per heavy atom. The van der Waals surface area contributed by atoms with Crippen molar-refractivity contribution in [2.45, 2.75) is 20.8 Å². The van der Waals surface area contributed by atoms with E-state index < -0.39 is 17.4 Å². The second kappa shape index (κ2) is 6.91. The quantitative estimate of drug-likeness (QED) is 0.848. The van der Waals surface area contributed by atoms with E-state index in [0.717, 1.165) is 5.56 Å². The van der Waals surface area contributed by atoms with Gasteiger partial charge in [0.05, 0.1) is 12.2 Å². The van der Waals surface area contributed by atoms with Crippen molar-refractivity contribution in [1.29, 1.82) is 0 Å². The number of aromatic amines is 1. The first kappa shape index (κ1) is 16.5. The highest BCUT2D eigenvalue weighted by Gasteiger charge is 2.18. The van der Waals surface area contributed by atoms with E-state index in [0.29, 0.717) is 11.4 Å². The molecule has 0 atom stereocenters. The van der Waals surface area contributed by atoms with Gasteiger partial charge in [-0.1, -0.05) is 17.7 Å². The summed E-state index contributed by atoms with van der Waals surface area (Å²) in [4.78, 5) is 38.5. The lowest BCUT2D eigenvalue weighted by molar-refractivity contribution is 0.0524. The molecule has 0 unspecified atom stereocenters. The third-order valence-corrected chi connectivity index (χ3v) is 3.29. The van der Waals surface area contributed by atoms with Gasteiger partial charge in [0.25, 0.3) is 11.5 Å². The Bertz CT molecular complexity index is 791. The molecule has 6 heteroatoms. The maximum atomic E-state index is 12.4. The van der Waals surface area contributed by atoms with Crippen molar-refractivity contribution in [3.8, 4) is 0 Å². The third kappa shape index (κ3) is 3.85. The van der Waals surface area contributed by atoms with Gasteiger partial charge in [0.15, 0.2) is 0 Å². The maximum absolute atomic E-state index is 12.4. The van der Waals surface area contributed by atoms with Crippen LogP contribution in [-0.2, 0) is 4.74 Å². The van der Waals surface area contributed by atoms with Crippen LogP contribution >= 0.6 is 0 Å². The molecule has 0 aliphatic carbocycles. The number of nitrogens with one attached hydrogen (secondary N) is 2. The molecule has 1 aromatic heterocycles. The molecule has 1 aromatic carbocycles. The van der Waals surface area contributed by atoms with Crippen LogP contribution in [0.15, 0.2) is 35.1 Å². The number of amides is 1. The monoisotopic (exact) mass is 314 g/mol. The third-order valence-electron chi connectivity index (χ3n) is 3.29. The van der Waals surface area contributed by atoms with Gasteiger partial charge in [0.2, 0.25) is 0 Å². The number of anilines is 1. The molecule has 0 saturated carbocycles. The fraction of sp³-hybridized carbons (Fsp3) is 0.235. The van der Waals surface area contributed by atoms with Crippen LogP contribution < -0.4 is 10.9 Å². The number of carbonyl (C=O) groups excluding carboxylic acids is 2. The van der Waals surface area contributed by atoms with Crippen LogP contribution in [0.25, 0.3) is 0 Å². The summed E-state index contributed by atoms with van der Waals surface area (Å²) in [5, 5.41) is 2.73. The minimum absolute atomic E-state index is 0.150. The Kier molecular flexibility index (Phi) is 4.95. The summed E-state index contributed by atoms with van der Waals surface area (Å²) in [5.41, 5.74) is 1.54. The van der Waals surface area contributed by atoms with Crippen LogP contribution in [0.5, 0.6) is 0 Å². The number of hydrogen-bond acceptors (Lipinski definition) is 4. The first-order valence-corrected chi connectivity index (χ1v) is 7.21. The molecule has 2 rings (SSSR count). The number of H-pyrrole nitrogens is 1. The first-order chi connectivity index (χ1) is 10.9. The fourth-order valence-electron chi connectivity index (χ4n) is 2.05. The Morgan fingerprint density at radius 1 is 1.13 bits per heavy atom. The highest BCUT2D eigenvalue weighted by molar-refractivity contribution is 6.06. The maximum Gasteiger partial charge on any atom is 0.343 e. The second-order valence-electron chi connectivity index (χ2n) is 5.09. The van der Waals surface area contributed by atoms with Gasteiger partial charge >= 0.3 is 5.97 Å². The molecule has 1 heterocycles. The zero-order valence-electron chi connectivity index (χ0n) is 13.2. The fourth-order valence-corrected chi connectivity index (χ4v) is 2.05. The van der Waals surface area contributed by atoms with Gasteiger partial charge in [0.1, 0.15) is 5.56 Å². The number of aryl methyl sites for hydroxylation is 2. The highest BCUT2D eigenvalue weighted by atomic mass is 16.5. The van der Waals surface area contributed by atoms with Crippen LogP contribution in [-0.4, -0.2) is 23.5 Å². The Labute approximate surface area is 133 Å². The van der Waals surface area contributed by atoms with Crippen LogP contribution in [0, 0.1) is 13.8 Å². The molecule has 6 nitrogen and oxygen atoms in total. The van der Waals surface area contributed by atoms with Gasteiger partial charge in [0, 0.05) is 11.4 Å². The van der Waals surface area contributed by atoms with Crippen molar-refractivity contribution in [2.24, 2.45) is 0 Å². The van der Waals surface area contributed by atoms with Crippen molar-refractivity contribution in [2.75, 3.05) is 11.9 Å². The predicted molar refractivity (Wildman–Crippen MR) is 86.9 cm³/mol. The number of rotatable bonds is 4. The van der Waals surface area contributed by atoms with Crippen molar-refractivity contribution in [3.05, 3.63) is 63.1 Å². The lowest BCUT2D eigenvalue weighted by Crippen LogP contribution is -2.24. The van der Waals surface area contributed by atoms with Crippen molar-refractivity contribution in [3.63, 3.8) is 0 Å². The Hall–Kier alpha value is -2.89. The van der Waals surface area contributed by atoms with Crippen molar-refractivity contribution < 1.29 is 14.3 Å². The first-order valence-electron chi connectivity index (χ1n) is 7.21. The van der Waals surface area contributed by atoms with Gasteiger partial charge in [-0.2, -0.15) is 0 Å². The minimum Gasteiger partial charge on any atom is -0.462 e. The summed E-state index contributed by atoms with van der Waals surface area (Å²) < 4.78 is 4.82. The summed E-state index contributed by atoms with van der Waals surface area (Å²) in [7, 11) is 0. The zero-order valence-corrected chi connectivity index (χ0v) is 13.2. The van der Waals surface area contributed by atoms with E-state index in [4.69, 9.17) is 4.74 Å². The van der Waals surface area contributed by atoms with Gasteiger partial charge in [-0.3, -0.25) is 9.59 Å². The standard InChI is InChI=1S/C17H18N2O4/c1-4-23-17(22)14-9-13(11(3)18-16(14)21)15(20)19-12-7-5-10(2)6-8-12/h5-9H,4H2,1-3H3,(H,18,21)(H,19,20). The molecule has 0 aliphatic rings. The SMILES string of the molecule is CCOC(=O)c1cc(C(=O)Nc2ccc(C)cc2)c(C)[nH]c1=O. The minimum atomic E-state index is -0.752. The molecule has 120 valence electrons. The van der Waals surface area contributed by atoms with Gasteiger partial charge in [-0.15, -0.1) is 0 Å². The number of hydrogen-bond donors (Lipinski definition) is 2. The van der Waals surface area contributed by atoms with E-state index in [-0.39, 0.29) is 17.7 Å². The van der Waals surface area contributed by atoms with Crippen LogP contribution in [0.3, 0.4) is 0 Å². The second-order valence-corrected chi connectivity index (χ2v) is 5.09. The van der Waals surface area contributed by atoms with E-state index in [2.05, 4.69) is 10.3 Å². The average molecular weight is 314 g/mol. The lowest BCUT2D eigenvalue weighted by Gasteiger charge is -2.09. The van der Waals surface area contributed by atoms with Crippen molar-refractivity contribution >= 4 is 17.6 Å². The molecule has 0 saturated heterocycles. The van der Waals surface area contributed by atoms with E-state index in [1.54, 1.807) is 26.0 Å². The molecule has 1 amide bonds. The van der Waals surface area contributed by atoms with E-state index in [9.17, 15) is 14.4 Å². The van der Waals surface area contributed by atoms with Gasteiger partial charge in [-0.25, -0.2) is 4.79 Å². The number of aromatic nitrogens is 1. The summed E-state index contributed by atoms with van der Waals surface area (Å²) in [5.74, 6) is -1.16. The number of benzene rings is 1. The number of ether oxygens (including phenoxy) is 1. The number of carbonyl (C=O) groups is 2. The normalized spacial score (nSPS) is 10.2. The highest BCUT2D eigenvalue weighted by Crippen LogP contribution is 2.13. The summed E-state index contributed by atoms with van der Waals surface area (Å²) >= 11 is 0.